The first-order valence-electron chi connectivity index (χ1n) is 6.15. The van der Waals surface area contributed by atoms with Crippen LogP contribution in [-0.4, -0.2) is 26.3 Å². The van der Waals surface area contributed by atoms with Crippen molar-refractivity contribution in [2.45, 2.75) is 34.6 Å². The molecule has 0 spiro atoms. The molecule has 2 aromatic heterocycles. The van der Waals surface area contributed by atoms with Crippen molar-refractivity contribution < 1.29 is 0 Å². The molecule has 0 bridgehead atoms. The molecule has 0 amide bonds. The van der Waals surface area contributed by atoms with Gasteiger partial charge in [0.2, 0.25) is 0 Å². The summed E-state index contributed by atoms with van der Waals surface area (Å²) in [4.78, 5) is 8.80. The highest BCUT2D eigenvalue weighted by molar-refractivity contribution is 5.42. The van der Waals surface area contributed by atoms with Crippen molar-refractivity contribution >= 4 is 5.82 Å². The monoisotopic (exact) mass is 245 g/mol. The Hall–Kier alpha value is -1.91. The number of aryl methyl sites for hydroxylation is 2. The Morgan fingerprint density at radius 1 is 1.17 bits per heavy atom. The summed E-state index contributed by atoms with van der Waals surface area (Å²) in [6, 6.07) is 1.93. The van der Waals surface area contributed by atoms with Gasteiger partial charge in [-0.25, -0.2) is 14.6 Å². The molecule has 18 heavy (non-hydrogen) atoms. The summed E-state index contributed by atoms with van der Waals surface area (Å²) in [5.74, 6) is 2.39. The molecule has 0 fully saturated rings. The topological polar surface area (TPSA) is 55.6 Å². The fraction of sp³-hybridized carbons (Fsp3) is 0.462. The number of hydrogen-bond acceptors (Lipinski definition) is 4. The molecular weight excluding hydrogens is 226 g/mol. The molecule has 2 aromatic rings. The molecule has 5 heteroatoms. The zero-order valence-corrected chi connectivity index (χ0v) is 11.6. The van der Waals surface area contributed by atoms with E-state index in [-0.39, 0.29) is 0 Å². The zero-order valence-electron chi connectivity index (χ0n) is 11.6. The van der Waals surface area contributed by atoms with E-state index in [0.29, 0.717) is 0 Å². The zero-order chi connectivity index (χ0) is 13.3. The van der Waals surface area contributed by atoms with Gasteiger partial charge in [-0.2, -0.15) is 5.10 Å². The van der Waals surface area contributed by atoms with Gasteiger partial charge in [0.15, 0.2) is 5.82 Å². The molecule has 0 unspecified atom stereocenters. The van der Waals surface area contributed by atoms with Crippen molar-refractivity contribution in [3.8, 4) is 5.82 Å². The maximum Gasteiger partial charge on any atom is 0.159 e. The van der Waals surface area contributed by atoms with Crippen LogP contribution in [0.1, 0.15) is 29.7 Å². The Kier molecular flexibility index (Phi) is 3.32. The predicted molar refractivity (Wildman–Crippen MR) is 72.3 cm³/mol. The summed E-state index contributed by atoms with van der Waals surface area (Å²) in [7, 11) is 0. The van der Waals surface area contributed by atoms with E-state index in [1.54, 1.807) is 0 Å². The summed E-state index contributed by atoms with van der Waals surface area (Å²) in [6.45, 7) is 10.9. The smallest absolute Gasteiger partial charge is 0.159 e. The molecule has 0 saturated carbocycles. The van der Waals surface area contributed by atoms with E-state index in [1.807, 2.05) is 31.5 Å². The van der Waals surface area contributed by atoms with Crippen LogP contribution in [0.4, 0.5) is 5.82 Å². The van der Waals surface area contributed by atoms with Crippen molar-refractivity contribution in [2.24, 2.45) is 0 Å². The lowest BCUT2D eigenvalue weighted by molar-refractivity contribution is 0.792. The van der Waals surface area contributed by atoms with Gasteiger partial charge in [0.1, 0.15) is 11.6 Å². The average Bonchev–Trinajstić information content (AvgIpc) is 2.57. The third-order valence-corrected chi connectivity index (χ3v) is 3.05. The number of nitrogens with zero attached hydrogens (tertiary/aromatic N) is 4. The molecule has 0 aliphatic carbocycles. The summed E-state index contributed by atoms with van der Waals surface area (Å²) in [6.07, 6.45) is 0. The summed E-state index contributed by atoms with van der Waals surface area (Å²) < 4.78 is 1.88. The maximum atomic E-state index is 4.52. The lowest BCUT2D eigenvalue weighted by Crippen LogP contribution is -2.08. The number of hydrogen-bond donors (Lipinski definition) is 1. The summed E-state index contributed by atoms with van der Waals surface area (Å²) in [5.41, 5.74) is 3.36. The predicted octanol–water partition coefficient (Wildman–Crippen LogP) is 2.33. The number of rotatable bonds is 3. The van der Waals surface area contributed by atoms with E-state index in [1.165, 1.54) is 5.56 Å². The summed E-state index contributed by atoms with van der Waals surface area (Å²) in [5, 5.41) is 7.73. The number of aromatic nitrogens is 4. The van der Waals surface area contributed by atoms with Gasteiger partial charge in [-0.1, -0.05) is 0 Å². The fourth-order valence-electron chi connectivity index (χ4n) is 1.88. The van der Waals surface area contributed by atoms with E-state index in [9.17, 15) is 0 Å². The molecule has 0 radical (unpaired) electrons. The van der Waals surface area contributed by atoms with Crippen LogP contribution in [0.15, 0.2) is 6.07 Å². The van der Waals surface area contributed by atoms with Crippen LogP contribution in [0, 0.1) is 27.7 Å². The van der Waals surface area contributed by atoms with E-state index in [2.05, 4.69) is 34.2 Å². The van der Waals surface area contributed by atoms with E-state index >= 15 is 0 Å². The highest BCUT2D eigenvalue weighted by atomic mass is 15.3. The van der Waals surface area contributed by atoms with Gasteiger partial charge in [0.05, 0.1) is 5.69 Å². The van der Waals surface area contributed by atoms with Crippen molar-refractivity contribution in [1.29, 1.82) is 0 Å². The minimum Gasteiger partial charge on any atom is -0.370 e. The first-order valence-corrected chi connectivity index (χ1v) is 6.15. The molecule has 0 saturated heterocycles. The second-order valence-electron chi connectivity index (χ2n) is 4.40. The number of nitrogens with one attached hydrogen (secondary N) is 1. The Balaban J connectivity index is 2.52. The minimum absolute atomic E-state index is 0.744. The molecule has 1 N–H and O–H groups in total. The lowest BCUT2D eigenvalue weighted by Gasteiger charge is -2.08. The SMILES string of the molecule is CCNc1cc(-n2nc(C)c(C)c2C)nc(C)n1. The van der Waals surface area contributed by atoms with Crippen LogP contribution in [-0.2, 0) is 0 Å². The molecule has 2 heterocycles. The minimum atomic E-state index is 0.744. The molecule has 2 rings (SSSR count). The van der Waals surface area contributed by atoms with Crippen molar-refractivity contribution in [2.75, 3.05) is 11.9 Å². The average molecular weight is 245 g/mol. The van der Waals surface area contributed by atoms with E-state index < -0.39 is 0 Å². The van der Waals surface area contributed by atoms with E-state index in [4.69, 9.17) is 0 Å². The maximum absolute atomic E-state index is 4.52. The van der Waals surface area contributed by atoms with Crippen LogP contribution < -0.4 is 5.32 Å². The van der Waals surface area contributed by atoms with Crippen LogP contribution in [0.2, 0.25) is 0 Å². The van der Waals surface area contributed by atoms with E-state index in [0.717, 1.165) is 35.4 Å². The molecule has 0 aliphatic rings. The van der Waals surface area contributed by atoms with Gasteiger partial charge in [-0.3, -0.25) is 0 Å². The third-order valence-electron chi connectivity index (χ3n) is 3.05. The van der Waals surface area contributed by atoms with Crippen molar-refractivity contribution in [3.05, 3.63) is 28.8 Å². The Bertz CT molecular complexity index is 571. The molecule has 96 valence electrons. The largest absolute Gasteiger partial charge is 0.370 e. The highest BCUT2D eigenvalue weighted by Crippen LogP contribution is 2.17. The summed E-state index contributed by atoms with van der Waals surface area (Å²) >= 11 is 0. The van der Waals surface area contributed by atoms with Gasteiger partial charge in [-0.15, -0.1) is 0 Å². The van der Waals surface area contributed by atoms with Crippen LogP contribution >= 0.6 is 0 Å². The quantitative estimate of drug-likeness (QED) is 0.901. The van der Waals surface area contributed by atoms with Crippen LogP contribution in [0.5, 0.6) is 0 Å². The standard InChI is InChI=1S/C13H19N5/c1-6-14-12-7-13(16-11(5)15-12)18-10(4)8(2)9(3)17-18/h7H,6H2,1-5H3,(H,14,15,16). The molecule has 5 nitrogen and oxygen atoms in total. The van der Waals surface area contributed by atoms with Gasteiger partial charge in [-0.05, 0) is 40.2 Å². The Morgan fingerprint density at radius 3 is 2.44 bits per heavy atom. The Morgan fingerprint density at radius 2 is 1.89 bits per heavy atom. The van der Waals surface area contributed by atoms with Crippen LogP contribution in [0.25, 0.3) is 5.82 Å². The fourth-order valence-corrected chi connectivity index (χ4v) is 1.88. The highest BCUT2D eigenvalue weighted by Gasteiger charge is 2.11. The van der Waals surface area contributed by atoms with Crippen molar-refractivity contribution in [3.63, 3.8) is 0 Å². The second-order valence-corrected chi connectivity index (χ2v) is 4.40. The van der Waals surface area contributed by atoms with Crippen molar-refractivity contribution in [1.82, 2.24) is 19.7 Å². The molecule has 0 aliphatic heterocycles. The normalized spacial score (nSPS) is 10.7. The first kappa shape index (κ1) is 12.5. The molecular formula is C13H19N5. The van der Waals surface area contributed by atoms with Crippen LogP contribution in [0.3, 0.4) is 0 Å². The van der Waals surface area contributed by atoms with Gasteiger partial charge in [0, 0.05) is 18.3 Å². The first-order chi connectivity index (χ1) is 8.52. The van der Waals surface area contributed by atoms with Gasteiger partial charge in [0.25, 0.3) is 0 Å². The Labute approximate surface area is 107 Å². The second kappa shape index (κ2) is 4.76. The van der Waals surface area contributed by atoms with Gasteiger partial charge >= 0.3 is 0 Å². The molecule has 0 atom stereocenters. The number of anilines is 1. The van der Waals surface area contributed by atoms with Gasteiger partial charge < -0.3 is 5.32 Å². The third kappa shape index (κ3) is 2.20. The molecule has 0 aromatic carbocycles. The lowest BCUT2D eigenvalue weighted by atomic mass is 10.2.